The van der Waals surface area contributed by atoms with Crippen molar-refractivity contribution < 1.29 is 54.4 Å². The van der Waals surface area contributed by atoms with Gasteiger partial charge in [0.25, 0.3) is 0 Å². The van der Waals surface area contributed by atoms with E-state index in [0.29, 0.717) is 0 Å². The third-order valence-electron chi connectivity index (χ3n) is 5.33. The van der Waals surface area contributed by atoms with Crippen molar-refractivity contribution >= 4 is 5.97 Å². The van der Waals surface area contributed by atoms with Crippen LogP contribution in [0.5, 0.6) is 0 Å². The van der Waals surface area contributed by atoms with Gasteiger partial charge in [-0.25, -0.2) is 4.79 Å². The SMILES string of the molecule is COC(=O)C1=CO[C@H](O[C@@H]2O[C@H](CO)[C@@H](O)[C@H](O)[C@H]2O)[C@@H]2[C@H]1C=C[C@]2(O)CO. The highest BCUT2D eigenvalue weighted by Gasteiger charge is 2.55. The van der Waals surface area contributed by atoms with E-state index in [2.05, 4.69) is 0 Å². The highest BCUT2D eigenvalue weighted by atomic mass is 16.8. The third kappa shape index (κ3) is 3.44. The Morgan fingerprint density at radius 2 is 1.89 bits per heavy atom. The second-order valence-electron chi connectivity index (χ2n) is 6.96. The Hall–Kier alpha value is -1.57. The summed E-state index contributed by atoms with van der Waals surface area (Å²) >= 11 is 0. The lowest BCUT2D eigenvalue weighted by atomic mass is 9.79. The lowest BCUT2D eigenvalue weighted by Gasteiger charge is -2.44. The summed E-state index contributed by atoms with van der Waals surface area (Å²) in [6, 6.07) is 0. The van der Waals surface area contributed by atoms with E-state index in [1.54, 1.807) is 0 Å². The van der Waals surface area contributed by atoms with E-state index in [4.69, 9.17) is 18.9 Å². The maximum atomic E-state index is 12.0. The molecule has 0 bridgehead atoms. The largest absolute Gasteiger partial charge is 0.471 e. The molecule has 3 rings (SSSR count). The summed E-state index contributed by atoms with van der Waals surface area (Å²) in [5.74, 6) is -2.40. The van der Waals surface area contributed by atoms with Gasteiger partial charge in [-0.05, 0) is 0 Å². The normalized spacial score (nSPS) is 45.2. The molecule has 1 fully saturated rings. The van der Waals surface area contributed by atoms with Gasteiger partial charge in [-0.1, -0.05) is 12.2 Å². The second kappa shape index (κ2) is 8.05. The molecule has 0 amide bonds. The zero-order valence-corrected chi connectivity index (χ0v) is 15.0. The Balaban J connectivity index is 1.85. The fourth-order valence-electron chi connectivity index (χ4n) is 3.71. The molecule has 9 atom stereocenters. The summed E-state index contributed by atoms with van der Waals surface area (Å²) < 4.78 is 21.0. The highest BCUT2D eigenvalue weighted by molar-refractivity contribution is 5.89. The van der Waals surface area contributed by atoms with Gasteiger partial charge in [0.1, 0.15) is 30.0 Å². The van der Waals surface area contributed by atoms with Crippen LogP contribution in [0.3, 0.4) is 0 Å². The molecule has 2 heterocycles. The number of aliphatic hydroxyl groups excluding tert-OH is 5. The molecule has 0 spiro atoms. The van der Waals surface area contributed by atoms with E-state index in [1.165, 1.54) is 19.3 Å². The van der Waals surface area contributed by atoms with Crippen molar-refractivity contribution in [3.63, 3.8) is 0 Å². The van der Waals surface area contributed by atoms with Crippen molar-refractivity contribution in [1.82, 2.24) is 0 Å². The van der Waals surface area contributed by atoms with Crippen LogP contribution >= 0.6 is 0 Å². The van der Waals surface area contributed by atoms with Crippen LogP contribution in [0.1, 0.15) is 0 Å². The van der Waals surface area contributed by atoms with Crippen molar-refractivity contribution in [3.05, 3.63) is 24.0 Å². The van der Waals surface area contributed by atoms with Crippen molar-refractivity contribution in [2.75, 3.05) is 20.3 Å². The van der Waals surface area contributed by atoms with Crippen molar-refractivity contribution in [3.8, 4) is 0 Å². The molecule has 1 saturated heterocycles. The van der Waals surface area contributed by atoms with Crippen molar-refractivity contribution in [2.45, 2.75) is 42.6 Å². The molecule has 3 aliphatic rings. The fraction of sp³-hybridized carbons (Fsp3) is 0.706. The van der Waals surface area contributed by atoms with Crippen LogP contribution < -0.4 is 0 Å². The molecule has 11 heteroatoms. The number of hydrogen-bond acceptors (Lipinski definition) is 11. The van der Waals surface area contributed by atoms with Gasteiger partial charge in [0.2, 0.25) is 6.29 Å². The number of carbonyl (C=O) groups is 1. The van der Waals surface area contributed by atoms with Crippen molar-refractivity contribution in [2.24, 2.45) is 11.8 Å². The molecule has 0 saturated carbocycles. The Bertz CT molecular complexity index is 647. The van der Waals surface area contributed by atoms with Gasteiger partial charge >= 0.3 is 5.97 Å². The van der Waals surface area contributed by atoms with Gasteiger partial charge in [-0.3, -0.25) is 0 Å². The minimum absolute atomic E-state index is 0.0989. The van der Waals surface area contributed by atoms with Gasteiger partial charge < -0.3 is 49.6 Å². The number of aliphatic hydroxyl groups is 6. The van der Waals surface area contributed by atoms with Crippen molar-refractivity contribution in [1.29, 1.82) is 0 Å². The smallest absolute Gasteiger partial charge is 0.337 e. The molecule has 1 aliphatic carbocycles. The predicted octanol–water partition coefficient (Wildman–Crippen LogP) is -3.26. The van der Waals surface area contributed by atoms with Gasteiger partial charge in [0.05, 0.1) is 38.1 Å². The molecule has 2 aliphatic heterocycles. The first-order valence-electron chi connectivity index (χ1n) is 8.69. The van der Waals surface area contributed by atoms with Gasteiger partial charge in [0, 0.05) is 5.92 Å². The number of fused-ring (bicyclic) bond motifs is 1. The van der Waals surface area contributed by atoms with Gasteiger partial charge in [-0.2, -0.15) is 0 Å². The Kier molecular flexibility index (Phi) is 6.08. The molecule has 0 unspecified atom stereocenters. The van der Waals surface area contributed by atoms with Crippen LogP contribution in [0.2, 0.25) is 0 Å². The number of rotatable bonds is 5. The molecule has 158 valence electrons. The summed E-state index contributed by atoms with van der Waals surface area (Å²) in [5.41, 5.74) is -1.70. The first-order chi connectivity index (χ1) is 13.3. The lowest BCUT2D eigenvalue weighted by molar-refractivity contribution is -0.346. The zero-order chi connectivity index (χ0) is 20.6. The van der Waals surface area contributed by atoms with Gasteiger partial charge in [0.15, 0.2) is 6.29 Å². The maximum Gasteiger partial charge on any atom is 0.337 e. The van der Waals surface area contributed by atoms with E-state index in [-0.39, 0.29) is 5.57 Å². The third-order valence-corrected chi connectivity index (χ3v) is 5.33. The molecular formula is C17H24O11. The van der Waals surface area contributed by atoms with Crippen LogP contribution in [0, 0.1) is 11.8 Å². The maximum absolute atomic E-state index is 12.0. The number of hydrogen-bond donors (Lipinski definition) is 6. The standard InChI is InChI=1S/C17H24O11/c1-25-14(23)8-5-26-15(10-7(8)2-3-17(10,24)6-19)28-16-13(22)12(21)11(20)9(4-18)27-16/h2-3,5,7,9-13,15-16,18-22,24H,4,6H2,1H3/t7-,9+,10-,11+,12-,13+,15+,16-,17-/m0/s1. The Morgan fingerprint density at radius 3 is 2.50 bits per heavy atom. The summed E-state index contributed by atoms with van der Waals surface area (Å²) in [6.45, 7) is -1.34. The number of esters is 1. The monoisotopic (exact) mass is 404 g/mol. The molecule has 0 aromatic heterocycles. The lowest BCUT2D eigenvalue weighted by Crippen LogP contribution is -2.61. The first kappa shape index (κ1) is 21.1. The summed E-state index contributed by atoms with van der Waals surface area (Å²) in [4.78, 5) is 12.0. The van der Waals surface area contributed by atoms with Crippen LogP contribution in [0.25, 0.3) is 0 Å². The number of carbonyl (C=O) groups excluding carboxylic acids is 1. The Labute approximate surface area is 160 Å². The predicted molar refractivity (Wildman–Crippen MR) is 88.0 cm³/mol. The molecular weight excluding hydrogens is 380 g/mol. The van der Waals surface area contributed by atoms with E-state index in [9.17, 15) is 35.4 Å². The van der Waals surface area contributed by atoms with Crippen LogP contribution in [0.4, 0.5) is 0 Å². The minimum atomic E-state index is -1.79. The van der Waals surface area contributed by atoms with E-state index in [1.807, 2.05) is 0 Å². The first-order valence-corrected chi connectivity index (χ1v) is 8.69. The molecule has 28 heavy (non-hydrogen) atoms. The summed E-state index contributed by atoms with van der Waals surface area (Å²) in [6.07, 6.45) is -4.99. The number of methoxy groups -OCH3 is 1. The van der Waals surface area contributed by atoms with E-state index < -0.39 is 73.6 Å². The van der Waals surface area contributed by atoms with Crippen LogP contribution in [-0.2, 0) is 23.7 Å². The van der Waals surface area contributed by atoms with Crippen LogP contribution in [-0.4, -0.2) is 99.5 Å². The van der Waals surface area contributed by atoms with Crippen LogP contribution in [0.15, 0.2) is 24.0 Å². The van der Waals surface area contributed by atoms with E-state index in [0.717, 1.165) is 6.26 Å². The van der Waals surface area contributed by atoms with Gasteiger partial charge in [-0.15, -0.1) is 0 Å². The second-order valence-corrected chi connectivity index (χ2v) is 6.96. The number of allylic oxidation sites excluding steroid dienone is 1. The molecule has 11 nitrogen and oxygen atoms in total. The van der Waals surface area contributed by atoms with E-state index >= 15 is 0 Å². The molecule has 6 N–H and O–H groups in total. The average molecular weight is 404 g/mol. The topological polar surface area (TPSA) is 175 Å². The summed E-state index contributed by atoms with van der Waals surface area (Å²) in [5, 5.41) is 59.5. The molecule has 0 aromatic rings. The highest BCUT2D eigenvalue weighted by Crippen LogP contribution is 2.45. The summed E-state index contributed by atoms with van der Waals surface area (Å²) in [7, 11) is 1.19. The molecule has 0 radical (unpaired) electrons. The quantitative estimate of drug-likeness (QED) is 0.200. The fourth-order valence-corrected chi connectivity index (χ4v) is 3.71. The Morgan fingerprint density at radius 1 is 1.18 bits per heavy atom. The average Bonchev–Trinajstić information content (AvgIpc) is 3.06. The molecule has 0 aromatic carbocycles. The zero-order valence-electron chi connectivity index (χ0n) is 15.0. The minimum Gasteiger partial charge on any atom is -0.471 e. The number of ether oxygens (including phenoxy) is 4.